The Morgan fingerprint density at radius 3 is 2.87 bits per heavy atom. The van der Waals surface area contributed by atoms with Crippen molar-refractivity contribution < 1.29 is 0 Å². The van der Waals surface area contributed by atoms with E-state index < -0.39 is 0 Å². The number of nitrogens with zero attached hydrogens (tertiary/aromatic N) is 2. The van der Waals surface area contributed by atoms with Crippen LogP contribution in [-0.4, -0.2) is 25.1 Å². The molecule has 0 unspecified atom stereocenters. The van der Waals surface area contributed by atoms with Crippen LogP contribution in [0.5, 0.6) is 0 Å². The van der Waals surface area contributed by atoms with E-state index in [4.69, 9.17) is 0 Å². The van der Waals surface area contributed by atoms with E-state index in [2.05, 4.69) is 27.3 Å². The van der Waals surface area contributed by atoms with Crippen LogP contribution >= 0.6 is 0 Å². The Labute approximate surface area is 91.5 Å². The Balaban J connectivity index is 2.09. The largest absolute Gasteiger partial charge is 0.371 e. The van der Waals surface area contributed by atoms with Crippen LogP contribution in [0.4, 0.5) is 5.69 Å². The van der Waals surface area contributed by atoms with E-state index in [1.54, 1.807) is 0 Å². The lowest BCUT2D eigenvalue weighted by Gasteiger charge is -2.28. The van der Waals surface area contributed by atoms with Crippen molar-refractivity contribution in [1.29, 1.82) is 0 Å². The van der Waals surface area contributed by atoms with Gasteiger partial charge >= 0.3 is 0 Å². The van der Waals surface area contributed by atoms with Crippen LogP contribution in [0.25, 0.3) is 0 Å². The molecule has 1 saturated heterocycles. The van der Waals surface area contributed by atoms with Gasteiger partial charge in [0.1, 0.15) is 0 Å². The molecule has 15 heavy (non-hydrogen) atoms. The van der Waals surface area contributed by atoms with E-state index >= 15 is 0 Å². The van der Waals surface area contributed by atoms with Gasteiger partial charge in [0.25, 0.3) is 0 Å². The molecule has 0 aromatic carbocycles. The summed E-state index contributed by atoms with van der Waals surface area (Å²) in [6, 6.07) is 4.31. The molecule has 1 aromatic rings. The molecule has 82 valence electrons. The van der Waals surface area contributed by atoms with E-state index in [-0.39, 0.29) is 0 Å². The first-order valence-corrected chi connectivity index (χ1v) is 5.74. The van der Waals surface area contributed by atoms with E-state index in [1.165, 1.54) is 38.0 Å². The second-order valence-electron chi connectivity index (χ2n) is 4.08. The van der Waals surface area contributed by atoms with Gasteiger partial charge in [-0.05, 0) is 38.4 Å². The smallest absolute Gasteiger partial charge is 0.0562 e. The first kappa shape index (κ1) is 10.4. The first-order chi connectivity index (χ1) is 7.40. The lowest BCUT2D eigenvalue weighted by molar-refractivity contribution is 0.577. The Kier molecular flexibility index (Phi) is 3.56. The normalized spacial score (nSPS) is 16.7. The van der Waals surface area contributed by atoms with Crippen molar-refractivity contribution in [3.8, 4) is 0 Å². The molecular weight excluding hydrogens is 186 g/mol. The van der Waals surface area contributed by atoms with Gasteiger partial charge in [-0.1, -0.05) is 0 Å². The number of hydrogen-bond donors (Lipinski definition) is 1. The quantitative estimate of drug-likeness (QED) is 0.815. The molecule has 1 aliphatic rings. The van der Waals surface area contributed by atoms with E-state index in [0.29, 0.717) is 0 Å². The summed E-state index contributed by atoms with van der Waals surface area (Å²) in [4.78, 5) is 6.80. The number of hydrogen-bond acceptors (Lipinski definition) is 3. The van der Waals surface area contributed by atoms with Crippen LogP contribution in [0.2, 0.25) is 0 Å². The summed E-state index contributed by atoms with van der Waals surface area (Å²) >= 11 is 0. The number of pyridine rings is 1. The molecular formula is C12H19N3. The van der Waals surface area contributed by atoms with Gasteiger partial charge in [-0.25, -0.2) is 0 Å². The van der Waals surface area contributed by atoms with Crippen molar-refractivity contribution in [2.75, 3.05) is 25.0 Å². The van der Waals surface area contributed by atoms with Gasteiger partial charge in [0, 0.05) is 31.5 Å². The van der Waals surface area contributed by atoms with Crippen LogP contribution in [0.3, 0.4) is 0 Å². The standard InChI is InChI=1S/C12H19N3/c1-13-10-11-9-12(5-6-14-11)15-7-3-2-4-8-15/h5-6,9,13H,2-4,7-8,10H2,1H3. The fraction of sp³-hybridized carbons (Fsp3) is 0.583. The minimum absolute atomic E-state index is 0.849. The molecule has 1 aliphatic heterocycles. The zero-order valence-corrected chi connectivity index (χ0v) is 9.37. The molecule has 0 amide bonds. The Hall–Kier alpha value is -1.09. The molecule has 0 spiro atoms. The third-order valence-electron chi connectivity index (χ3n) is 2.88. The van der Waals surface area contributed by atoms with Crippen LogP contribution in [0, 0.1) is 0 Å². The molecule has 1 aromatic heterocycles. The maximum atomic E-state index is 4.33. The van der Waals surface area contributed by atoms with Crippen molar-refractivity contribution in [1.82, 2.24) is 10.3 Å². The molecule has 0 radical (unpaired) electrons. The van der Waals surface area contributed by atoms with Crippen LogP contribution in [0.1, 0.15) is 25.0 Å². The summed E-state index contributed by atoms with van der Waals surface area (Å²) < 4.78 is 0. The third-order valence-corrected chi connectivity index (χ3v) is 2.88. The van der Waals surface area contributed by atoms with Crippen LogP contribution < -0.4 is 10.2 Å². The van der Waals surface area contributed by atoms with Gasteiger partial charge in [0.15, 0.2) is 0 Å². The van der Waals surface area contributed by atoms with Crippen molar-refractivity contribution in [3.63, 3.8) is 0 Å². The summed E-state index contributed by atoms with van der Waals surface area (Å²) in [7, 11) is 1.95. The number of anilines is 1. The average molecular weight is 205 g/mol. The first-order valence-electron chi connectivity index (χ1n) is 5.74. The minimum Gasteiger partial charge on any atom is -0.371 e. The second kappa shape index (κ2) is 5.12. The number of nitrogens with one attached hydrogen (secondary N) is 1. The molecule has 0 aliphatic carbocycles. The lowest BCUT2D eigenvalue weighted by Crippen LogP contribution is -2.29. The molecule has 3 heteroatoms. The predicted molar refractivity (Wildman–Crippen MR) is 63.1 cm³/mol. The highest BCUT2D eigenvalue weighted by Crippen LogP contribution is 2.19. The van der Waals surface area contributed by atoms with Crippen LogP contribution in [-0.2, 0) is 6.54 Å². The van der Waals surface area contributed by atoms with Gasteiger partial charge in [0.2, 0.25) is 0 Å². The van der Waals surface area contributed by atoms with E-state index in [1.807, 2.05) is 13.2 Å². The molecule has 3 nitrogen and oxygen atoms in total. The lowest BCUT2D eigenvalue weighted by atomic mass is 10.1. The number of aromatic nitrogens is 1. The zero-order chi connectivity index (χ0) is 10.5. The highest BCUT2D eigenvalue weighted by Gasteiger charge is 2.10. The zero-order valence-electron chi connectivity index (χ0n) is 9.37. The maximum absolute atomic E-state index is 4.33. The highest BCUT2D eigenvalue weighted by atomic mass is 15.1. The fourth-order valence-electron chi connectivity index (χ4n) is 2.09. The maximum Gasteiger partial charge on any atom is 0.0562 e. The molecule has 0 bridgehead atoms. The number of rotatable bonds is 3. The summed E-state index contributed by atoms with van der Waals surface area (Å²) in [5.74, 6) is 0. The van der Waals surface area contributed by atoms with Gasteiger partial charge in [-0.2, -0.15) is 0 Å². The van der Waals surface area contributed by atoms with Crippen molar-refractivity contribution in [2.45, 2.75) is 25.8 Å². The third kappa shape index (κ3) is 2.69. The monoisotopic (exact) mass is 205 g/mol. The van der Waals surface area contributed by atoms with E-state index in [9.17, 15) is 0 Å². The Bertz CT molecular complexity index is 305. The highest BCUT2D eigenvalue weighted by molar-refractivity contribution is 5.46. The van der Waals surface area contributed by atoms with Crippen molar-refractivity contribution >= 4 is 5.69 Å². The molecule has 0 saturated carbocycles. The fourth-order valence-corrected chi connectivity index (χ4v) is 2.09. The Morgan fingerprint density at radius 2 is 2.13 bits per heavy atom. The molecule has 2 heterocycles. The van der Waals surface area contributed by atoms with Crippen LogP contribution in [0.15, 0.2) is 18.3 Å². The molecule has 2 rings (SSSR count). The SMILES string of the molecule is CNCc1cc(N2CCCCC2)ccn1. The minimum atomic E-state index is 0.849. The summed E-state index contributed by atoms with van der Waals surface area (Å²) in [6.07, 6.45) is 5.94. The van der Waals surface area contributed by atoms with Gasteiger partial charge < -0.3 is 10.2 Å². The average Bonchev–Trinajstić information content (AvgIpc) is 2.31. The second-order valence-corrected chi connectivity index (χ2v) is 4.08. The van der Waals surface area contributed by atoms with E-state index in [0.717, 1.165) is 12.2 Å². The Morgan fingerprint density at radius 1 is 1.33 bits per heavy atom. The molecule has 1 fully saturated rings. The number of piperidine rings is 1. The summed E-state index contributed by atoms with van der Waals surface area (Å²) in [6.45, 7) is 3.24. The van der Waals surface area contributed by atoms with Gasteiger partial charge in [-0.3, -0.25) is 4.98 Å². The predicted octanol–water partition coefficient (Wildman–Crippen LogP) is 1.79. The molecule has 1 N–H and O–H groups in total. The van der Waals surface area contributed by atoms with Crippen molar-refractivity contribution in [2.24, 2.45) is 0 Å². The van der Waals surface area contributed by atoms with Gasteiger partial charge in [-0.15, -0.1) is 0 Å². The summed E-state index contributed by atoms with van der Waals surface area (Å²) in [5.41, 5.74) is 2.45. The van der Waals surface area contributed by atoms with Gasteiger partial charge in [0.05, 0.1) is 5.69 Å². The molecule has 0 atom stereocenters. The van der Waals surface area contributed by atoms with Crippen molar-refractivity contribution in [3.05, 3.63) is 24.0 Å². The summed E-state index contributed by atoms with van der Waals surface area (Å²) in [5, 5.41) is 3.13. The topological polar surface area (TPSA) is 28.2 Å².